The van der Waals surface area contributed by atoms with Crippen LogP contribution in [0.4, 0.5) is 0 Å². The van der Waals surface area contributed by atoms with E-state index in [-0.39, 0.29) is 0 Å². The molecule has 26 heavy (non-hydrogen) atoms. The second-order valence-electron chi connectivity index (χ2n) is 7.68. The van der Waals surface area contributed by atoms with Crippen molar-refractivity contribution in [3.05, 3.63) is 0 Å². The first kappa shape index (κ1) is 28.1. The van der Waals surface area contributed by atoms with Gasteiger partial charge in [-0.1, -0.05) is 90.4 Å². The summed E-state index contributed by atoms with van der Waals surface area (Å²) in [6.45, 7) is 5.08. The zero-order valence-electron chi connectivity index (χ0n) is 18.6. The molecular weight excluding hydrogens is 320 g/mol. The zero-order chi connectivity index (χ0) is 19.7. The molecule has 160 valence electrons. The van der Waals surface area contributed by atoms with Gasteiger partial charge in [0, 0.05) is 6.61 Å². The van der Waals surface area contributed by atoms with E-state index >= 15 is 0 Å². The van der Waals surface area contributed by atoms with Gasteiger partial charge in [-0.3, -0.25) is 0 Å². The highest BCUT2D eigenvalue weighted by Crippen LogP contribution is 2.13. The molecule has 0 saturated carbocycles. The van der Waals surface area contributed by atoms with Crippen LogP contribution < -0.4 is 5.73 Å². The van der Waals surface area contributed by atoms with Crippen LogP contribution in [0.5, 0.6) is 0 Å². The van der Waals surface area contributed by atoms with Crippen LogP contribution in [-0.2, 0) is 0 Å². The Balaban J connectivity index is 0. The molecule has 0 radical (unpaired) electrons. The molecule has 0 saturated heterocycles. The van der Waals surface area contributed by atoms with Crippen LogP contribution >= 0.6 is 0 Å². The molecule has 0 fully saturated rings. The molecule has 3 heteroatoms. The van der Waals surface area contributed by atoms with Gasteiger partial charge in [0.15, 0.2) is 0 Å². The summed E-state index contributed by atoms with van der Waals surface area (Å²) in [5.41, 5.74) is 4.50. The number of rotatable bonds is 20. The van der Waals surface area contributed by atoms with Gasteiger partial charge in [0.1, 0.15) is 0 Å². The first-order valence-electron chi connectivity index (χ1n) is 11.7. The molecule has 0 aromatic rings. The Kier molecular flexibility index (Phi) is 29.3. The van der Waals surface area contributed by atoms with Gasteiger partial charge in [-0.05, 0) is 52.9 Å². The third-order valence-corrected chi connectivity index (χ3v) is 5.09. The maximum absolute atomic E-state index is 8.76. The van der Waals surface area contributed by atoms with Gasteiger partial charge in [0.25, 0.3) is 0 Å². The fourth-order valence-electron chi connectivity index (χ4n) is 3.36. The SMILES string of the molecule is CCCCCCCCCCCCCCCCN(C)CCCCCO.CN. The second-order valence-corrected chi connectivity index (χ2v) is 7.68. The van der Waals surface area contributed by atoms with Gasteiger partial charge in [-0.15, -0.1) is 0 Å². The van der Waals surface area contributed by atoms with Crippen molar-refractivity contribution < 1.29 is 5.11 Å². The third-order valence-electron chi connectivity index (χ3n) is 5.09. The Morgan fingerprint density at radius 2 is 0.846 bits per heavy atom. The normalized spacial score (nSPS) is 10.8. The molecule has 0 bridgehead atoms. The predicted molar refractivity (Wildman–Crippen MR) is 119 cm³/mol. The summed E-state index contributed by atoms with van der Waals surface area (Å²) in [7, 11) is 3.74. The lowest BCUT2D eigenvalue weighted by Crippen LogP contribution is -2.20. The minimum atomic E-state index is 0.350. The average Bonchev–Trinajstić information content (AvgIpc) is 2.67. The fraction of sp³-hybridized carbons (Fsp3) is 1.00. The van der Waals surface area contributed by atoms with E-state index in [1.165, 1.54) is 123 Å². The van der Waals surface area contributed by atoms with Gasteiger partial charge < -0.3 is 15.7 Å². The Hall–Kier alpha value is -0.120. The van der Waals surface area contributed by atoms with Crippen LogP contribution in [0, 0.1) is 0 Å². The quantitative estimate of drug-likeness (QED) is 0.252. The monoisotopic (exact) mass is 372 g/mol. The molecule has 0 aromatic heterocycles. The van der Waals surface area contributed by atoms with Crippen LogP contribution in [0.1, 0.15) is 116 Å². The molecule has 0 unspecified atom stereocenters. The molecule has 0 spiro atoms. The summed E-state index contributed by atoms with van der Waals surface area (Å²) in [6.07, 6.45) is 23.5. The Morgan fingerprint density at radius 3 is 1.19 bits per heavy atom. The molecule has 0 amide bonds. The van der Waals surface area contributed by atoms with Crippen molar-refractivity contribution in [1.82, 2.24) is 4.90 Å². The first-order chi connectivity index (χ1) is 12.8. The molecule has 3 nitrogen and oxygen atoms in total. The number of hydrogen-bond acceptors (Lipinski definition) is 3. The molecule has 0 aliphatic carbocycles. The Labute approximate surface area is 166 Å². The Morgan fingerprint density at radius 1 is 0.538 bits per heavy atom. The molecular formula is C23H52N2O. The van der Waals surface area contributed by atoms with E-state index in [0.29, 0.717) is 6.61 Å². The van der Waals surface area contributed by atoms with E-state index in [4.69, 9.17) is 5.11 Å². The van der Waals surface area contributed by atoms with Crippen molar-refractivity contribution in [2.24, 2.45) is 5.73 Å². The summed E-state index contributed by atoms with van der Waals surface area (Å²) in [5.74, 6) is 0. The highest BCUT2D eigenvalue weighted by Gasteiger charge is 1.98. The lowest BCUT2D eigenvalue weighted by atomic mass is 10.0. The van der Waals surface area contributed by atoms with Crippen molar-refractivity contribution in [3.63, 3.8) is 0 Å². The number of aliphatic hydroxyl groups excluding tert-OH is 1. The number of nitrogens with zero attached hydrogens (tertiary/aromatic N) is 1. The predicted octanol–water partition coefficient (Wildman–Crippen LogP) is 6.14. The van der Waals surface area contributed by atoms with Crippen LogP contribution in [0.2, 0.25) is 0 Å². The number of nitrogens with two attached hydrogens (primary N) is 1. The van der Waals surface area contributed by atoms with Gasteiger partial charge >= 0.3 is 0 Å². The van der Waals surface area contributed by atoms with Crippen molar-refractivity contribution in [1.29, 1.82) is 0 Å². The summed E-state index contributed by atoms with van der Waals surface area (Å²) in [5, 5.41) is 8.76. The number of unbranched alkanes of at least 4 members (excludes halogenated alkanes) is 15. The maximum Gasteiger partial charge on any atom is 0.0431 e. The van der Waals surface area contributed by atoms with Crippen molar-refractivity contribution in [2.45, 2.75) is 116 Å². The highest BCUT2D eigenvalue weighted by atomic mass is 16.2. The minimum absolute atomic E-state index is 0.350. The number of aliphatic hydroxyl groups is 1. The van der Waals surface area contributed by atoms with Gasteiger partial charge in [0.05, 0.1) is 0 Å². The minimum Gasteiger partial charge on any atom is -0.396 e. The molecule has 0 aliphatic rings. The molecule has 0 heterocycles. The van der Waals surface area contributed by atoms with E-state index < -0.39 is 0 Å². The molecule has 0 atom stereocenters. The average molecular weight is 373 g/mol. The van der Waals surface area contributed by atoms with E-state index in [1.54, 1.807) is 0 Å². The topological polar surface area (TPSA) is 49.5 Å². The second kappa shape index (κ2) is 27.1. The van der Waals surface area contributed by atoms with Crippen LogP contribution in [0.15, 0.2) is 0 Å². The lowest BCUT2D eigenvalue weighted by Gasteiger charge is -2.16. The molecule has 3 N–H and O–H groups in total. The Bertz CT molecular complexity index is 224. The summed E-state index contributed by atoms with van der Waals surface area (Å²) in [6, 6.07) is 0. The van der Waals surface area contributed by atoms with Gasteiger partial charge in [-0.25, -0.2) is 0 Å². The summed E-state index contributed by atoms with van der Waals surface area (Å²) >= 11 is 0. The van der Waals surface area contributed by atoms with Crippen molar-refractivity contribution in [3.8, 4) is 0 Å². The first-order valence-corrected chi connectivity index (χ1v) is 11.7. The van der Waals surface area contributed by atoms with E-state index in [2.05, 4.69) is 24.6 Å². The lowest BCUT2D eigenvalue weighted by molar-refractivity contribution is 0.271. The summed E-state index contributed by atoms with van der Waals surface area (Å²) < 4.78 is 0. The maximum atomic E-state index is 8.76. The van der Waals surface area contributed by atoms with Gasteiger partial charge in [0.2, 0.25) is 0 Å². The zero-order valence-corrected chi connectivity index (χ0v) is 18.6. The van der Waals surface area contributed by atoms with Crippen LogP contribution in [0.25, 0.3) is 0 Å². The van der Waals surface area contributed by atoms with Gasteiger partial charge in [-0.2, -0.15) is 0 Å². The molecule has 0 rings (SSSR count). The van der Waals surface area contributed by atoms with Crippen LogP contribution in [0.3, 0.4) is 0 Å². The number of hydrogen-bond donors (Lipinski definition) is 2. The smallest absolute Gasteiger partial charge is 0.0431 e. The van der Waals surface area contributed by atoms with E-state index in [0.717, 1.165) is 6.42 Å². The van der Waals surface area contributed by atoms with Crippen LogP contribution in [-0.4, -0.2) is 43.8 Å². The largest absolute Gasteiger partial charge is 0.396 e. The highest BCUT2D eigenvalue weighted by molar-refractivity contribution is 4.54. The third kappa shape index (κ3) is 26.1. The standard InChI is InChI=1S/C22H47NO.CH5N/c1-3-4-5-6-7-8-9-10-11-12-13-14-15-17-20-23(2)21-18-16-19-22-24;1-2/h24H,3-22H2,1-2H3;2H2,1H3. The van der Waals surface area contributed by atoms with Crippen molar-refractivity contribution in [2.75, 3.05) is 33.8 Å². The molecule has 0 aromatic carbocycles. The molecule has 0 aliphatic heterocycles. The van der Waals surface area contributed by atoms with E-state index in [1.807, 2.05) is 0 Å². The van der Waals surface area contributed by atoms with Crippen molar-refractivity contribution >= 4 is 0 Å². The van der Waals surface area contributed by atoms with E-state index in [9.17, 15) is 0 Å². The fourth-order valence-corrected chi connectivity index (χ4v) is 3.36. The summed E-state index contributed by atoms with van der Waals surface area (Å²) in [4.78, 5) is 2.46.